The molecule has 0 aliphatic heterocycles. The Labute approximate surface area is 118 Å². The van der Waals surface area contributed by atoms with Gasteiger partial charge in [0.2, 0.25) is 0 Å². The van der Waals surface area contributed by atoms with Crippen molar-refractivity contribution in [2.75, 3.05) is 0 Å². The Morgan fingerprint density at radius 3 is 1.27 bits per heavy atom. The molecule has 6 nitrogen and oxygen atoms in total. The minimum absolute atomic E-state index is 0. The summed E-state index contributed by atoms with van der Waals surface area (Å²) in [5.41, 5.74) is 0. The molecule has 0 aromatic carbocycles. The van der Waals surface area contributed by atoms with Gasteiger partial charge in [-0.25, -0.2) is 0 Å². The van der Waals surface area contributed by atoms with Gasteiger partial charge >= 0.3 is 80.0 Å². The molecule has 0 aliphatic carbocycles. The van der Waals surface area contributed by atoms with Crippen molar-refractivity contribution in [3.8, 4) is 0 Å². The van der Waals surface area contributed by atoms with Crippen LogP contribution in [-0.2, 0) is 46.3 Å². The number of aliphatic carboxylic acids is 1. The van der Waals surface area contributed by atoms with Gasteiger partial charge in [0.15, 0.2) is 0 Å². The number of carbonyl (C=O) groups is 1. The molecule has 0 aromatic heterocycles. The van der Waals surface area contributed by atoms with E-state index in [1.165, 1.54) is 0 Å². The van der Waals surface area contributed by atoms with E-state index in [4.69, 9.17) is 25.6 Å². The third kappa shape index (κ3) is 459. The normalized spacial score (nSPS) is 7.45. The van der Waals surface area contributed by atoms with Crippen LogP contribution in [-0.4, -0.2) is 66.6 Å². The molecule has 0 bridgehead atoms. The fourth-order valence-corrected chi connectivity index (χ4v) is 0. The predicted octanol–water partition coefficient (Wildman–Crippen LogP) is -1.48. The van der Waals surface area contributed by atoms with Crippen LogP contribution in [0.25, 0.3) is 0 Å². The summed E-state index contributed by atoms with van der Waals surface area (Å²) in [5.74, 6) is -0.833. The van der Waals surface area contributed by atoms with Crippen LogP contribution in [0.2, 0.25) is 0 Å². The molecule has 11 heavy (non-hydrogen) atoms. The summed E-state index contributed by atoms with van der Waals surface area (Å²) in [4.78, 5) is 9.00. The van der Waals surface area contributed by atoms with Gasteiger partial charge < -0.3 is 5.11 Å². The van der Waals surface area contributed by atoms with Crippen LogP contribution < -0.4 is 0 Å². The molecule has 0 amide bonds. The summed E-state index contributed by atoms with van der Waals surface area (Å²) in [6.45, 7) is 1.08. The first-order valence-electron chi connectivity index (χ1n) is 1.56. The Hall–Kier alpha value is 1.51. The first-order valence-corrected chi connectivity index (χ1v) is 3.53. The van der Waals surface area contributed by atoms with Crippen LogP contribution in [0.3, 0.4) is 0 Å². The molecule has 0 aliphatic rings. The quantitative estimate of drug-likeness (QED) is 0.525. The van der Waals surface area contributed by atoms with Gasteiger partial charge in [-0.05, 0) is 0 Å². The molecular weight excluding hydrogens is 278 g/mol. The molecule has 0 saturated heterocycles. The van der Waals surface area contributed by atoms with Crippen LogP contribution in [0, 0.1) is 0 Å². The van der Waals surface area contributed by atoms with E-state index >= 15 is 0 Å². The first-order chi connectivity index (χ1) is 3.73. The second-order valence-corrected chi connectivity index (χ2v) is 2.15. The summed E-state index contributed by atoms with van der Waals surface area (Å²) in [7, 11) is 0. The third-order valence-electron chi connectivity index (χ3n) is 0. The van der Waals surface area contributed by atoms with E-state index in [0.29, 0.717) is 0 Å². The van der Waals surface area contributed by atoms with Crippen molar-refractivity contribution in [2.45, 2.75) is 6.92 Å². The first kappa shape index (κ1) is 22.9. The molecule has 0 atom stereocenters. The summed E-state index contributed by atoms with van der Waals surface area (Å²) >= 11 is -5.38. The second kappa shape index (κ2) is 11.5. The molecule has 0 fully saturated rings. The molecule has 0 aromatic rings. The molecule has 1 radical (unpaired) electrons. The zero-order chi connectivity index (χ0) is 8.08. The van der Waals surface area contributed by atoms with Crippen LogP contribution in [0.5, 0.6) is 0 Å². The number of carboxylic acid groups (broad SMARTS) is 1. The summed E-state index contributed by atoms with van der Waals surface area (Å²) in [6, 6.07) is 0. The van der Waals surface area contributed by atoms with E-state index < -0.39 is 18.9 Å². The Kier molecular flexibility index (Phi) is 23.9. The van der Waals surface area contributed by atoms with Crippen LogP contribution >= 0.6 is 0 Å². The molecule has 0 unspecified atom stereocenters. The second-order valence-electron chi connectivity index (χ2n) is 0.915. The fraction of sp³-hybridized carbons (Fsp3) is 0.500. The van der Waals surface area contributed by atoms with Gasteiger partial charge in [-0.2, -0.15) is 0 Å². The Morgan fingerprint density at radius 2 is 1.27 bits per heavy atom. The van der Waals surface area contributed by atoms with Gasteiger partial charge in [0, 0.05) is 24.0 Å². The Morgan fingerprint density at radius 1 is 1.27 bits per heavy atom. The zero-order valence-corrected chi connectivity index (χ0v) is 6.83. The van der Waals surface area contributed by atoms with Crippen molar-refractivity contribution in [2.24, 2.45) is 0 Å². The summed E-state index contributed by atoms with van der Waals surface area (Å²) in [5, 5.41) is 7.42. The predicted molar refractivity (Wildman–Crippen MR) is 24.7 cm³/mol. The molecule has 0 spiro atoms. The molecule has 0 rings (SSSR count). The van der Waals surface area contributed by atoms with E-state index in [-0.39, 0.29) is 68.5 Å². The molecule has 2 N–H and O–H groups in total. The van der Waals surface area contributed by atoms with E-state index in [1.54, 1.807) is 0 Å². The number of rotatable bonds is 0. The van der Waals surface area contributed by atoms with Crippen LogP contribution in [0.15, 0.2) is 0 Å². The van der Waals surface area contributed by atoms with Crippen molar-refractivity contribution < 1.29 is 55.6 Å². The molecule has 9 heteroatoms. The average molecular weight is 284 g/mol. The number of carboxylic acids is 1. The topological polar surface area (TPSA) is 109 Å². The zero-order valence-electron chi connectivity index (χ0n) is 4.71. The minimum atomic E-state index is -5.38. The fourth-order valence-electron chi connectivity index (χ4n) is 0. The van der Waals surface area contributed by atoms with Crippen molar-refractivity contribution in [1.82, 2.24) is 0 Å². The van der Waals surface area contributed by atoms with Gasteiger partial charge in [-0.3, -0.25) is 4.79 Å². The SMILES string of the molecule is CC(=O)O.[Cu].[KH].[O]=[Mn](=[O])(=[O])[OH]. The van der Waals surface area contributed by atoms with Crippen molar-refractivity contribution >= 4 is 57.4 Å². The van der Waals surface area contributed by atoms with Gasteiger partial charge in [0.05, 0.1) is 0 Å². The van der Waals surface area contributed by atoms with Crippen LogP contribution in [0.1, 0.15) is 6.92 Å². The third-order valence-corrected chi connectivity index (χ3v) is 0. The summed E-state index contributed by atoms with van der Waals surface area (Å²) < 4.78 is 33.1. The van der Waals surface area contributed by atoms with Gasteiger partial charge in [0.1, 0.15) is 0 Å². The van der Waals surface area contributed by atoms with Crippen molar-refractivity contribution in [3.05, 3.63) is 0 Å². The van der Waals surface area contributed by atoms with Gasteiger partial charge in [-0.1, -0.05) is 0 Å². The molecule has 69 valence electrons. The average Bonchev–Trinajstić information content (AvgIpc) is 1.19. The Bertz CT molecular complexity index is 206. The van der Waals surface area contributed by atoms with Gasteiger partial charge in [0.25, 0.3) is 5.97 Å². The standard InChI is InChI=1S/C2H4O2.Cu.K.Mn.H2O.3O.H/c1-2(3)4;;;;;;;;/h1H3,(H,3,4);;;;1H2;;;;/q;;;+1;;;;;/p-1. The van der Waals surface area contributed by atoms with E-state index in [2.05, 4.69) is 0 Å². The number of hydrogen-bond acceptors (Lipinski definition) is 4. The van der Waals surface area contributed by atoms with Crippen LogP contribution in [0.4, 0.5) is 0 Å². The molecule has 0 saturated carbocycles. The maximum absolute atomic E-state index is 9.00. The van der Waals surface area contributed by atoms with Crippen molar-refractivity contribution in [1.29, 1.82) is 0 Å². The molecule has 0 heterocycles. The van der Waals surface area contributed by atoms with Crippen molar-refractivity contribution in [3.63, 3.8) is 0 Å². The summed E-state index contributed by atoms with van der Waals surface area (Å²) in [6.07, 6.45) is 0. The van der Waals surface area contributed by atoms with Gasteiger partial charge in [-0.15, -0.1) is 0 Å². The monoisotopic (exact) mass is 283 g/mol. The molecular formula is C2H6CuKMnO6. The van der Waals surface area contributed by atoms with E-state index in [1.807, 2.05) is 0 Å². The number of hydrogen-bond donors (Lipinski definition) is 2. The van der Waals surface area contributed by atoms with E-state index in [0.717, 1.165) is 6.92 Å². The Balaban J connectivity index is -0.0000000383. The van der Waals surface area contributed by atoms with E-state index in [9.17, 15) is 0 Å². The maximum atomic E-state index is 9.00.